The van der Waals surface area contributed by atoms with Crippen molar-refractivity contribution in [3.63, 3.8) is 0 Å². The third kappa shape index (κ3) is 4.33. The van der Waals surface area contributed by atoms with E-state index in [-0.39, 0.29) is 29.9 Å². The molecule has 0 radical (unpaired) electrons. The fourth-order valence-electron chi connectivity index (χ4n) is 3.77. The maximum atomic E-state index is 13.2. The third-order valence-electron chi connectivity index (χ3n) is 5.22. The molecule has 3 rings (SSSR count). The summed E-state index contributed by atoms with van der Waals surface area (Å²) in [4.78, 5) is 14.4. The largest absolute Gasteiger partial charge is 0.416 e. The molecule has 2 aromatic rings. The number of rotatable bonds is 4. The van der Waals surface area contributed by atoms with Crippen LogP contribution in [-0.4, -0.2) is 29.9 Å². The maximum absolute atomic E-state index is 13.2. The standard InChI is InChI=1S/C21H23F3N2O/c1-14(16-9-5-6-10-18(16)21(22,23)24)11-20(27)26-12-17(19(25)13-26)15-7-3-2-4-8-15/h2-10,14,17,19H,11-13,25H2,1H3/t14?,17-,19+/m0/s1. The van der Waals surface area contributed by atoms with Crippen molar-refractivity contribution in [3.05, 3.63) is 71.3 Å². The van der Waals surface area contributed by atoms with Crippen LogP contribution in [0, 0.1) is 0 Å². The number of carbonyl (C=O) groups is 1. The van der Waals surface area contributed by atoms with Gasteiger partial charge in [0, 0.05) is 31.5 Å². The number of halogens is 3. The number of nitrogens with zero attached hydrogens (tertiary/aromatic N) is 1. The van der Waals surface area contributed by atoms with Gasteiger partial charge in [-0.05, 0) is 23.1 Å². The molecule has 0 spiro atoms. The summed E-state index contributed by atoms with van der Waals surface area (Å²) in [5.41, 5.74) is 6.78. The minimum Gasteiger partial charge on any atom is -0.340 e. The van der Waals surface area contributed by atoms with Gasteiger partial charge in [0.1, 0.15) is 0 Å². The minimum atomic E-state index is -4.43. The molecule has 1 amide bonds. The number of likely N-dealkylation sites (tertiary alicyclic amines) is 1. The van der Waals surface area contributed by atoms with E-state index >= 15 is 0 Å². The molecule has 2 aromatic carbocycles. The van der Waals surface area contributed by atoms with Crippen molar-refractivity contribution in [3.8, 4) is 0 Å². The summed E-state index contributed by atoms with van der Waals surface area (Å²) in [6.07, 6.45) is -4.40. The van der Waals surface area contributed by atoms with E-state index < -0.39 is 17.7 Å². The molecule has 27 heavy (non-hydrogen) atoms. The monoisotopic (exact) mass is 376 g/mol. The summed E-state index contributed by atoms with van der Waals surface area (Å²) in [6, 6.07) is 15.0. The molecule has 1 heterocycles. The highest BCUT2D eigenvalue weighted by atomic mass is 19.4. The van der Waals surface area contributed by atoms with Gasteiger partial charge >= 0.3 is 6.18 Å². The third-order valence-corrected chi connectivity index (χ3v) is 5.22. The van der Waals surface area contributed by atoms with E-state index in [1.165, 1.54) is 12.1 Å². The second-order valence-corrected chi connectivity index (χ2v) is 7.17. The summed E-state index contributed by atoms with van der Waals surface area (Å²) in [6.45, 7) is 2.58. The molecule has 1 aliphatic heterocycles. The Bertz CT molecular complexity index is 792. The average Bonchev–Trinajstić information content (AvgIpc) is 3.03. The van der Waals surface area contributed by atoms with Crippen LogP contribution in [0.15, 0.2) is 54.6 Å². The van der Waals surface area contributed by atoms with Crippen LogP contribution in [-0.2, 0) is 11.0 Å². The van der Waals surface area contributed by atoms with E-state index in [0.717, 1.165) is 11.6 Å². The Morgan fingerprint density at radius 1 is 1.11 bits per heavy atom. The van der Waals surface area contributed by atoms with Gasteiger partial charge in [-0.2, -0.15) is 13.2 Å². The van der Waals surface area contributed by atoms with E-state index in [0.29, 0.717) is 13.1 Å². The molecule has 2 N–H and O–H groups in total. The van der Waals surface area contributed by atoms with Gasteiger partial charge in [-0.15, -0.1) is 0 Å². The molecule has 1 aliphatic rings. The van der Waals surface area contributed by atoms with Crippen LogP contribution in [0.4, 0.5) is 13.2 Å². The van der Waals surface area contributed by atoms with Gasteiger partial charge in [0.2, 0.25) is 5.91 Å². The smallest absolute Gasteiger partial charge is 0.340 e. The van der Waals surface area contributed by atoms with E-state index in [1.54, 1.807) is 17.9 Å². The molecule has 3 atom stereocenters. The Morgan fingerprint density at radius 2 is 1.74 bits per heavy atom. The molecule has 0 aliphatic carbocycles. The molecule has 0 bridgehead atoms. The lowest BCUT2D eigenvalue weighted by atomic mass is 9.92. The molecular formula is C21H23F3N2O. The lowest BCUT2D eigenvalue weighted by molar-refractivity contribution is -0.139. The van der Waals surface area contributed by atoms with Crippen LogP contribution in [0.5, 0.6) is 0 Å². The van der Waals surface area contributed by atoms with Gasteiger partial charge in [0.05, 0.1) is 5.56 Å². The van der Waals surface area contributed by atoms with Crippen LogP contribution in [0.1, 0.15) is 41.9 Å². The van der Waals surface area contributed by atoms with E-state index in [1.807, 2.05) is 30.3 Å². The zero-order chi connectivity index (χ0) is 19.6. The quantitative estimate of drug-likeness (QED) is 0.871. The number of hydrogen-bond acceptors (Lipinski definition) is 2. The second kappa shape index (κ2) is 7.72. The van der Waals surface area contributed by atoms with Crippen molar-refractivity contribution < 1.29 is 18.0 Å². The first-order valence-electron chi connectivity index (χ1n) is 9.01. The molecule has 0 saturated carbocycles. The summed E-state index contributed by atoms with van der Waals surface area (Å²) < 4.78 is 39.7. The first kappa shape index (κ1) is 19.4. The topological polar surface area (TPSA) is 46.3 Å². The van der Waals surface area contributed by atoms with Gasteiger partial charge in [-0.25, -0.2) is 0 Å². The van der Waals surface area contributed by atoms with Gasteiger partial charge in [0.15, 0.2) is 0 Å². The molecular weight excluding hydrogens is 353 g/mol. The molecule has 1 saturated heterocycles. The van der Waals surface area contributed by atoms with E-state index in [4.69, 9.17) is 5.73 Å². The predicted octanol–water partition coefficient (Wildman–Crippen LogP) is 4.15. The molecule has 144 valence electrons. The van der Waals surface area contributed by atoms with Gasteiger partial charge in [-0.1, -0.05) is 55.5 Å². The fourth-order valence-corrected chi connectivity index (χ4v) is 3.77. The molecule has 1 unspecified atom stereocenters. The fraction of sp³-hybridized carbons (Fsp3) is 0.381. The van der Waals surface area contributed by atoms with E-state index in [2.05, 4.69) is 0 Å². The lowest BCUT2D eigenvalue weighted by Gasteiger charge is -2.21. The summed E-state index contributed by atoms with van der Waals surface area (Å²) in [5, 5.41) is 0. The summed E-state index contributed by atoms with van der Waals surface area (Å²) in [5.74, 6) is -0.636. The molecule has 3 nitrogen and oxygen atoms in total. The zero-order valence-electron chi connectivity index (χ0n) is 15.1. The van der Waals surface area contributed by atoms with Gasteiger partial charge in [-0.3, -0.25) is 4.79 Å². The Labute approximate surface area is 157 Å². The Morgan fingerprint density at radius 3 is 2.41 bits per heavy atom. The first-order chi connectivity index (χ1) is 12.8. The van der Waals surface area contributed by atoms with Crippen molar-refractivity contribution in [1.29, 1.82) is 0 Å². The number of benzene rings is 2. The normalized spacial score (nSPS) is 21.3. The van der Waals surface area contributed by atoms with Crippen LogP contribution in [0.3, 0.4) is 0 Å². The lowest BCUT2D eigenvalue weighted by Crippen LogP contribution is -2.32. The predicted molar refractivity (Wildman–Crippen MR) is 98.2 cm³/mol. The van der Waals surface area contributed by atoms with Crippen LogP contribution >= 0.6 is 0 Å². The molecule has 1 fully saturated rings. The van der Waals surface area contributed by atoms with Crippen LogP contribution in [0.25, 0.3) is 0 Å². The van der Waals surface area contributed by atoms with Gasteiger partial charge < -0.3 is 10.6 Å². The van der Waals surface area contributed by atoms with Crippen LogP contribution in [0.2, 0.25) is 0 Å². The summed E-state index contributed by atoms with van der Waals surface area (Å²) in [7, 11) is 0. The SMILES string of the molecule is CC(CC(=O)N1C[C@@H](N)[C@H](c2ccccc2)C1)c1ccccc1C(F)(F)F. The Hall–Kier alpha value is -2.34. The number of amides is 1. The highest BCUT2D eigenvalue weighted by molar-refractivity contribution is 5.77. The Balaban J connectivity index is 1.70. The highest BCUT2D eigenvalue weighted by Crippen LogP contribution is 2.36. The minimum absolute atomic E-state index is 0.0291. The average molecular weight is 376 g/mol. The van der Waals surface area contributed by atoms with Crippen molar-refractivity contribution in [2.45, 2.75) is 37.4 Å². The van der Waals surface area contributed by atoms with Crippen molar-refractivity contribution in [2.24, 2.45) is 5.73 Å². The molecule has 6 heteroatoms. The van der Waals surface area contributed by atoms with E-state index in [9.17, 15) is 18.0 Å². The number of alkyl halides is 3. The Kier molecular flexibility index (Phi) is 5.56. The van der Waals surface area contributed by atoms with Crippen molar-refractivity contribution in [1.82, 2.24) is 4.90 Å². The van der Waals surface area contributed by atoms with Gasteiger partial charge in [0.25, 0.3) is 0 Å². The number of carbonyl (C=O) groups excluding carboxylic acids is 1. The first-order valence-corrected chi connectivity index (χ1v) is 9.01. The van der Waals surface area contributed by atoms with Crippen LogP contribution < -0.4 is 5.73 Å². The summed E-state index contributed by atoms with van der Waals surface area (Å²) >= 11 is 0. The highest BCUT2D eigenvalue weighted by Gasteiger charge is 2.36. The zero-order valence-corrected chi connectivity index (χ0v) is 15.1. The maximum Gasteiger partial charge on any atom is 0.416 e. The number of nitrogens with two attached hydrogens (primary N) is 1. The van der Waals surface area contributed by atoms with Crippen molar-refractivity contribution >= 4 is 5.91 Å². The van der Waals surface area contributed by atoms with Crippen molar-refractivity contribution in [2.75, 3.05) is 13.1 Å². The second-order valence-electron chi connectivity index (χ2n) is 7.17. The molecule has 0 aromatic heterocycles. The number of hydrogen-bond donors (Lipinski definition) is 1.